The van der Waals surface area contributed by atoms with Crippen LogP contribution in [-0.2, 0) is 0 Å². The highest BCUT2D eigenvalue weighted by atomic mass is 79.9. The number of rotatable bonds is 5. The van der Waals surface area contributed by atoms with Gasteiger partial charge in [0.1, 0.15) is 0 Å². The Morgan fingerprint density at radius 2 is 2.05 bits per heavy atom. The maximum atomic E-state index is 11.9. The van der Waals surface area contributed by atoms with E-state index in [9.17, 15) is 9.59 Å². The number of nitrogens with two attached hydrogens (primary N) is 1. The molecule has 0 aliphatic carbocycles. The average molecular weight is 353 g/mol. The molecule has 108 valence electrons. The number of hydrogen-bond donors (Lipinski definition) is 3. The summed E-state index contributed by atoms with van der Waals surface area (Å²) in [5.74, 6) is -0.247. The zero-order valence-corrected chi connectivity index (χ0v) is 13.4. The van der Waals surface area contributed by atoms with Crippen molar-refractivity contribution in [1.29, 1.82) is 0 Å². The van der Waals surface area contributed by atoms with Crippen LogP contribution in [0.2, 0.25) is 0 Å². The topological polar surface area (TPSA) is 88.0 Å². The molecule has 1 rings (SSSR count). The molecule has 7 heteroatoms. The maximum Gasteiger partial charge on any atom is 0.262 e. The minimum atomic E-state index is -0.380. The third-order valence-electron chi connectivity index (χ3n) is 3.13. The molecule has 4 N–H and O–H groups in total. The molecule has 0 saturated carbocycles. The van der Waals surface area contributed by atoms with Gasteiger partial charge in [-0.15, -0.1) is 12.4 Å². The van der Waals surface area contributed by atoms with Gasteiger partial charge in [0.25, 0.3) is 11.5 Å². The van der Waals surface area contributed by atoms with Gasteiger partial charge in [0, 0.05) is 18.3 Å². The first-order valence-electron chi connectivity index (χ1n) is 5.87. The van der Waals surface area contributed by atoms with Gasteiger partial charge in [0.15, 0.2) is 0 Å². The van der Waals surface area contributed by atoms with Gasteiger partial charge in [-0.05, 0) is 34.8 Å². The molecule has 5 nitrogen and oxygen atoms in total. The highest BCUT2D eigenvalue weighted by molar-refractivity contribution is 9.10. The molecule has 19 heavy (non-hydrogen) atoms. The fourth-order valence-corrected chi connectivity index (χ4v) is 1.81. The number of amides is 1. The normalized spacial score (nSPS) is 10.7. The molecule has 1 heterocycles. The summed E-state index contributed by atoms with van der Waals surface area (Å²) >= 11 is 3.08. The van der Waals surface area contributed by atoms with Crippen molar-refractivity contribution in [3.8, 4) is 0 Å². The average Bonchev–Trinajstić information content (AvgIpc) is 2.38. The molecule has 0 unspecified atom stereocenters. The Morgan fingerprint density at radius 1 is 1.47 bits per heavy atom. The van der Waals surface area contributed by atoms with Crippen molar-refractivity contribution in [1.82, 2.24) is 10.3 Å². The van der Waals surface area contributed by atoms with E-state index in [1.54, 1.807) is 0 Å². The fourth-order valence-electron chi connectivity index (χ4n) is 1.45. The van der Waals surface area contributed by atoms with Crippen molar-refractivity contribution in [3.05, 3.63) is 32.7 Å². The Morgan fingerprint density at radius 3 is 2.53 bits per heavy atom. The van der Waals surface area contributed by atoms with E-state index in [1.807, 2.05) is 13.8 Å². The number of aromatic amines is 1. The Balaban J connectivity index is 0.00000324. The molecule has 0 aromatic carbocycles. The van der Waals surface area contributed by atoms with Gasteiger partial charge in [-0.3, -0.25) is 9.59 Å². The SMILES string of the molecule is CCC(N)(CC)CNC(=O)c1c[nH]c(=O)c(Br)c1.Cl. The summed E-state index contributed by atoms with van der Waals surface area (Å²) in [4.78, 5) is 25.5. The molecule has 0 aliphatic rings. The minimum absolute atomic E-state index is 0. The van der Waals surface area contributed by atoms with E-state index in [1.165, 1.54) is 12.3 Å². The molecule has 0 fully saturated rings. The summed E-state index contributed by atoms with van der Waals surface area (Å²) in [6.07, 6.45) is 2.97. The predicted octanol–water partition coefficient (Wildman–Crippen LogP) is 1.81. The van der Waals surface area contributed by atoms with Crippen molar-refractivity contribution in [2.24, 2.45) is 5.73 Å². The second-order valence-corrected chi connectivity index (χ2v) is 5.17. The van der Waals surface area contributed by atoms with Crippen molar-refractivity contribution in [2.75, 3.05) is 6.54 Å². The van der Waals surface area contributed by atoms with E-state index in [2.05, 4.69) is 26.2 Å². The first-order valence-corrected chi connectivity index (χ1v) is 6.66. The van der Waals surface area contributed by atoms with Crippen LogP contribution >= 0.6 is 28.3 Å². The highest BCUT2D eigenvalue weighted by Gasteiger charge is 2.21. The summed E-state index contributed by atoms with van der Waals surface area (Å²) in [5, 5.41) is 2.78. The molecule has 0 spiro atoms. The number of nitrogens with one attached hydrogen (secondary N) is 2. The van der Waals surface area contributed by atoms with Gasteiger partial charge in [-0.25, -0.2) is 0 Å². The smallest absolute Gasteiger partial charge is 0.262 e. The van der Waals surface area contributed by atoms with E-state index in [0.717, 1.165) is 12.8 Å². The highest BCUT2D eigenvalue weighted by Crippen LogP contribution is 2.10. The van der Waals surface area contributed by atoms with Gasteiger partial charge < -0.3 is 16.0 Å². The quantitative estimate of drug-likeness (QED) is 0.755. The number of H-pyrrole nitrogens is 1. The Bertz CT molecular complexity index is 486. The van der Waals surface area contributed by atoms with Crippen LogP contribution in [0.1, 0.15) is 37.0 Å². The predicted molar refractivity (Wildman–Crippen MR) is 81.8 cm³/mol. The second kappa shape index (κ2) is 7.67. The molecule has 0 radical (unpaired) electrons. The lowest BCUT2D eigenvalue weighted by atomic mass is 9.94. The van der Waals surface area contributed by atoms with E-state index >= 15 is 0 Å². The molecule has 0 atom stereocenters. The fraction of sp³-hybridized carbons (Fsp3) is 0.500. The standard InChI is InChI=1S/C12H18BrN3O2.ClH/c1-3-12(14,4-2)7-16-10(17)8-5-9(13)11(18)15-6-8;/h5-6H,3-4,7,14H2,1-2H3,(H,15,18)(H,16,17);1H. The van der Waals surface area contributed by atoms with E-state index in [-0.39, 0.29) is 29.4 Å². The molecular weight excluding hydrogens is 334 g/mol. The minimum Gasteiger partial charge on any atom is -0.350 e. The number of pyridine rings is 1. The molecule has 0 bridgehead atoms. The van der Waals surface area contributed by atoms with E-state index in [4.69, 9.17) is 5.73 Å². The van der Waals surface area contributed by atoms with Crippen LogP contribution in [0.3, 0.4) is 0 Å². The van der Waals surface area contributed by atoms with Crippen molar-refractivity contribution in [3.63, 3.8) is 0 Å². The lowest BCUT2D eigenvalue weighted by Crippen LogP contribution is -2.49. The largest absolute Gasteiger partial charge is 0.350 e. The summed E-state index contributed by atoms with van der Waals surface area (Å²) in [7, 11) is 0. The Hall–Kier alpha value is -0.850. The molecular formula is C12H19BrClN3O2. The van der Waals surface area contributed by atoms with Crippen LogP contribution in [-0.4, -0.2) is 23.0 Å². The van der Waals surface area contributed by atoms with E-state index in [0.29, 0.717) is 16.6 Å². The number of carbonyl (C=O) groups excluding carboxylic acids is 1. The first-order chi connectivity index (χ1) is 8.41. The lowest BCUT2D eigenvalue weighted by Gasteiger charge is -2.26. The van der Waals surface area contributed by atoms with Gasteiger partial charge in [-0.1, -0.05) is 13.8 Å². The van der Waals surface area contributed by atoms with Crippen LogP contribution < -0.4 is 16.6 Å². The molecule has 0 aliphatic heterocycles. The summed E-state index contributed by atoms with van der Waals surface area (Å²) in [6, 6.07) is 1.49. The van der Waals surface area contributed by atoms with Gasteiger partial charge in [-0.2, -0.15) is 0 Å². The summed E-state index contributed by atoms with van der Waals surface area (Å²) in [5.41, 5.74) is 5.85. The summed E-state index contributed by atoms with van der Waals surface area (Å²) in [6.45, 7) is 4.40. The zero-order chi connectivity index (χ0) is 13.8. The van der Waals surface area contributed by atoms with Crippen LogP contribution in [0.5, 0.6) is 0 Å². The number of carbonyl (C=O) groups is 1. The van der Waals surface area contributed by atoms with Crippen molar-refractivity contribution in [2.45, 2.75) is 32.2 Å². The van der Waals surface area contributed by atoms with Crippen molar-refractivity contribution >= 4 is 34.2 Å². The molecule has 1 amide bonds. The summed E-state index contributed by atoms with van der Waals surface area (Å²) < 4.78 is 0.333. The second-order valence-electron chi connectivity index (χ2n) is 4.32. The zero-order valence-electron chi connectivity index (χ0n) is 11.0. The lowest BCUT2D eigenvalue weighted by molar-refractivity contribution is 0.0941. The van der Waals surface area contributed by atoms with Gasteiger partial charge in [0.05, 0.1) is 10.0 Å². The van der Waals surface area contributed by atoms with Crippen LogP contribution in [0.15, 0.2) is 21.5 Å². The van der Waals surface area contributed by atoms with Gasteiger partial charge in [0.2, 0.25) is 0 Å². The molecule has 1 aromatic heterocycles. The Kier molecular flexibility index (Phi) is 7.33. The third-order valence-corrected chi connectivity index (χ3v) is 3.72. The number of aromatic nitrogens is 1. The number of halogens is 2. The van der Waals surface area contributed by atoms with Crippen LogP contribution in [0.4, 0.5) is 0 Å². The van der Waals surface area contributed by atoms with Crippen LogP contribution in [0, 0.1) is 0 Å². The van der Waals surface area contributed by atoms with Crippen LogP contribution in [0.25, 0.3) is 0 Å². The van der Waals surface area contributed by atoms with E-state index < -0.39 is 0 Å². The molecule has 1 aromatic rings. The molecule has 0 saturated heterocycles. The van der Waals surface area contributed by atoms with Gasteiger partial charge >= 0.3 is 0 Å². The Labute approximate surface area is 126 Å². The third kappa shape index (κ3) is 4.97. The monoisotopic (exact) mass is 351 g/mol. The number of hydrogen-bond acceptors (Lipinski definition) is 3. The van der Waals surface area contributed by atoms with Crippen molar-refractivity contribution < 1.29 is 4.79 Å². The first kappa shape index (κ1) is 18.1. The maximum absolute atomic E-state index is 11.9.